The van der Waals surface area contributed by atoms with Crippen molar-refractivity contribution in [2.24, 2.45) is 0 Å². The minimum atomic E-state index is 0.781. The number of benzene rings is 2. The molecule has 158 valence electrons. The van der Waals surface area contributed by atoms with Crippen molar-refractivity contribution in [3.63, 3.8) is 0 Å². The molecule has 5 nitrogen and oxygen atoms in total. The highest BCUT2D eigenvalue weighted by molar-refractivity contribution is 7.13. The summed E-state index contributed by atoms with van der Waals surface area (Å²) in [5.41, 5.74) is 3.38. The van der Waals surface area contributed by atoms with Crippen LogP contribution in [0.5, 0.6) is 11.5 Å². The van der Waals surface area contributed by atoms with Crippen molar-refractivity contribution >= 4 is 22.9 Å². The monoisotopic (exact) mass is 443 g/mol. The van der Waals surface area contributed by atoms with Gasteiger partial charge in [0.2, 0.25) is 0 Å². The molecule has 0 bridgehead atoms. The number of rotatable bonds is 7. The van der Waals surface area contributed by atoms with Crippen LogP contribution in [0.15, 0.2) is 47.8 Å². The number of hydrogen-bond donors (Lipinski definition) is 0. The Kier molecular flexibility index (Phi) is 6.89. The molecule has 1 aromatic heterocycles. The SMILES string of the molecule is COc1ccc(-c2nc(CN3CCN(Cc4cccc(Cl)c4)CC3)cs2)c(OC)c1. The predicted octanol–water partition coefficient (Wildman–Crippen LogP) is 4.80. The van der Waals surface area contributed by atoms with Gasteiger partial charge in [0.25, 0.3) is 0 Å². The van der Waals surface area contributed by atoms with E-state index < -0.39 is 0 Å². The van der Waals surface area contributed by atoms with Gasteiger partial charge in [-0.05, 0) is 29.8 Å². The summed E-state index contributed by atoms with van der Waals surface area (Å²) in [6.45, 7) is 6.01. The molecule has 1 aliphatic rings. The first kappa shape index (κ1) is 21.1. The third-order valence-corrected chi connectivity index (χ3v) is 6.50. The molecule has 0 spiro atoms. The molecule has 0 aliphatic carbocycles. The molecule has 0 N–H and O–H groups in total. The first-order valence-electron chi connectivity index (χ1n) is 10.0. The van der Waals surface area contributed by atoms with Crippen LogP contribution < -0.4 is 9.47 Å². The molecule has 0 amide bonds. The molecular weight excluding hydrogens is 418 g/mol. The fourth-order valence-electron chi connectivity index (χ4n) is 3.71. The van der Waals surface area contributed by atoms with Crippen LogP contribution in [0.1, 0.15) is 11.3 Å². The number of piperazine rings is 1. The number of aromatic nitrogens is 1. The van der Waals surface area contributed by atoms with Crippen molar-refractivity contribution in [3.8, 4) is 22.1 Å². The summed E-state index contributed by atoms with van der Waals surface area (Å²) in [6.07, 6.45) is 0. The van der Waals surface area contributed by atoms with Gasteiger partial charge in [-0.2, -0.15) is 0 Å². The lowest BCUT2D eigenvalue weighted by Crippen LogP contribution is -2.45. The van der Waals surface area contributed by atoms with Crippen LogP contribution >= 0.6 is 22.9 Å². The fraction of sp³-hybridized carbons (Fsp3) is 0.348. The Labute approximate surface area is 186 Å². The van der Waals surface area contributed by atoms with E-state index in [9.17, 15) is 0 Å². The summed E-state index contributed by atoms with van der Waals surface area (Å²) in [4.78, 5) is 9.82. The summed E-state index contributed by atoms with van der Waals surface area (Å²) in [7, 11) is 3.33. The van der Waals surface area contributed by atoms with Gasteiger partial charge in [0.05, 0.1) is 25.5 Å². The average molecular weight is 444 g/mol. The van der Waals surface area contributed by atoms with E-state index in [4.69, 9.17) is 26.1 Å². The van der Waals surface area contributed by atoms with Gasteiger partial charge in [-0.3, -0.25) is 9.80 Å². The fourth-order valence-corrected chi connectivity index (χ4v) is 4.76. The van der Waals surface area contributed by atoms with Crippen molar-refractivity contribution < 1.29 is 9.47 Å². The molecule has 30 heavy (non-hydrogen) atoms. The minimum absolute atomic E-state index is 0.781. The number of hydrogen-bond acceptors (Lipinski definition) is 6. The second kappa shape index (κ2) is 9.79. The number of halogens is 1. The van der Waals surface area contributed by atoms with Gasteiger partial charge in [0, 0.05) is 55.7 Å². The van der Waals surface area contributed by atoms with E-state index in [1.165, 1.54) is 5.56 Å². The van der Waals surface area contributed by atoms with Crippen molar-refractivity contribution in [3.05, 3.63) is 64.1 Å². The van der Waals surface area contributed by atoms with Gasteiger partial charge < -0.3 is 9.47 Å². The maximum absolute atomic E-state index is 6.11. The smallest absolute Gasteiger partial charge is 0.132 e. The van der Waals surface area contributed by atoms with Gasteiger partial charge in [0.15, 0.2) is 0 Å². The molecule has 2 heterocycles. The van der Waals surface area contributed by atoms with Crippen LogP contribution in [0.25, 0.3) is 10.6 Å². The quantitative estimate of drug-likeness (QED) is 0.524. The highest BCUT2D eigenvalue weighted by atomic mass is 35.5. The molecule has 4 rings (SSSR count). The topological polar surface area (TPSA) is 37.8 Å². The number of methoxy groups -OCH3 is 2. The largest absolute Gasteiger partial charge is 0.497 e. The number of ether oxygens (including phenoxy) is 2. The maximum Gasteiger partial charge on any atom is 0.132 e. The lowest BCUT2D eigenvalue weighted by molar-refractivity contribution is 0.121. The number of nitrogens with zero attached hydrogens (tertiary/aromatic N) is 3. The Balaban J connectivity index is 1.34. The molecule has 0 saturated carbocycles. The van der Waals surface area contributed by atoms with E-state index in [1.807, 2.05) is 30.3 Å². The molecule has 1 aliphatic heterocycles. The summed E-state index contributed by atoms with van der Waals surface area (Å²) in [6, 6.07) is 14.0. The molecule has 0 atom stereocenters. The molecular formula is C23H26ClN3O2S. The zero-order valence-corrected chi connectivity index (χ0v) is 18.9. The van der Waals surface area contributed by atoms with Crippen LogP contribution in [0.3, 0.4) is 0 Å². The Morgan fingerprint density at radius 2 is 1.73 bits per heavy atom. The zero-order chi connectivity index (χ0) is 20.9. The van der Waals surface area contributed by atoms with E-state index in [0.717, 1.165) is 72.1 Å². The zero-order valence-electron chi connectivity index (χ0n) is 17.3. The Hall–Kier alpha value is -2.12. The van der Waals surface area contributed by atoms with E-state index in [2.05, 4.69) is 27.3 Å². The molecule has 0 radical (unpaired) electrons. The number of thiazole rings is 1. The second-order valence-electron chi connectivity index (χ2n) is 7.39. The summed E-state index contributed by atoms with van der Waals surface area (Å²) >= 11 is 7.77. The minimum Gasteiger partial charge on any atom is -0.497 e. The Bertz CT molecular complexity index is 986. The van der Waals surface area contributed by atoms with Crippen LogP contribution in [0, 0.1) is 0 Å². The lowest BCUT2D eigenvalue weighted by atomic mass is 10.2. The van der Waals surface area contributed by atoms with Crippen molar-refractivity contribution in [2.45, 2.75) is 13.1 Å². The average Bonchev–Trinajstić information content (AvgIpc) is 3.23. The Morgan fingerprint density at radius 3 is 2.43 bits per heavy atom. The van der Waals surface area contributed by atoms with Gasteiger partial charge in [-0.1, -0.05) is 23.7 Å². The van der Waals surface area contributed by atoms with Crippen molar-refractivity contribution in [1.29, 1.82) is 0 Å². The summed E-state index contributed by atoms with van der Waals surface area (Å²) < 4.78 is 10.8. The lowest BCUT2D eigenvalue weighted by Gasteiger charge is -2.34. The highest BCUT2D eigenvalue weighted by Gasteiger charge is 2.19. The van der Waals surface area contributed by atoms with Gasteiger partial charge in [-0.15, -0.1) is 11.3 Å². The molecule has 2 aromatic carbocycles. The molecule has 7 heteroatoms. The predicted molar refractivity (Wildman–Crippen MR) is 123 cm³/mol. The summed E-state index contributed by atoms with van der Waals surface area (Å²) in [5.74, 6) is 1.56. The van der Waals surface area contributed by atoms with Gasteiger partial charge in [-0.25, -0.2) is 4.98 Å². The van der Waals surface area contributed by atoms with Crippen LogP contribution in [0.4, 0.5) is 0 Å². The molecule has 0 unspecified atom stereocenters. The van der Waals surface area contributed by atoms with Crippen LogP contribution in [0.2, 0.25) is 5.02 Å². The highest BCUT2D eigenvalue weighted by Crippen LogP contribution is 2.35. The van der Waals surface area contributed by atoms with E-state index in [-0.39, 0.29) is 0 Å². The standard InChI is InChI=1S/C23H26ClN3O2S/c1-28-20-6-7-21(22(13-20)29-2)23-25-19(16-30-23)15-27-10-8-26(9-11-27)14-17-4-3-5-18(24)12-17/h3-7,12-13,16H,8-11,14-15H2,1-2H3. The third-order valence-electron chi connectivity index (χ3n) is 5.34. The first-order valence-corrected chi connectivity index (χ1v) is 11.3. The van der Waals surface area contributed by atoms with E-state index in [0.29, 0.717) is 0 Å². The first-order chi connectivity index (χ1) is 14.6. The molecule has 1 saturated heterocycles. The third kappa shape index (κ3) is 5.13. The summed E-state index contributed by atoms with van der Waals surface area (Å²) in [5, 5.41) is 3.93. The van der Waals surface area contributed by atoms with Crippen LogP contribution in [-0.2, 0) is 13.1 Å². The van der Waals surface area contributed by atoms with Crippen molar-refractivity contribution in [2.75, 3.05) is 40.4 Å². The van der Waals surface area contributed by atoms with Gasteiger partial charge >= 0.3 is 0 Å². The van der Waals surface area contributed by atoms with Crippen molar-refractivity contribution in [1.82, 2.24) is 14.8 Å². The van der Waals surface area contributed by atoms with E-state index in [1.54, 1.807) is 25.6 Å². The normalized spacial score (nSPS) is 15.3. The molecule has 1 fully saturated rings. The Morgan fingerprint density at radius 1 is 0.967 bits per heavy atom. The van der Waals surface area contributed by atoms with Gasteiger partial charge in [0.1, 0.15) is 16.5 Å². The maximum atomic E-state index is 6.11. The molecule has 3 aromatic rings. The van der Waals surface area contributed by atoms with E-state index >= 15 is 0 Å². The van der Waals surface area contributed by atoms with Crippen LogP contribution in [-0.4, -0.2) is 55.2 Å². The second-order valence-corrected chi connectivity index (χ2v) is 8.69.